The molecule has 0 rings (SSSR count). The van der Waals surface area contributed by atoms with E-state index in [-0.39, 0.29) is 31.5 Å². The molecule has 0 fully saturated rings. The number of rotatable bonds is 57. The van der Waals surface area contributed by atoms with Crippen molar-refractivity contribution < 1.29 is 37.3 Å². The van der Waals surface area contributed by atoms with Gasteiger partial charge in [-0.1, -0.05) is 250 Å². The van der Waals surface area contributed by atoms with E-state index in [4.69, 9.17) is 13.8 Å². The van der Waals surface area contributed by atoms with Crippen molar-refractivity contribution in [1.29, 1.82) is 0 Å². The minimum Gasteiger partial charge on any atom is -0.756 e. The van der Waals surface area contributed by atoms with Gasteiger partial charge >= 0.3 is 5.97 Å². The summed E-state index contributed by atoms with van der Waals surface area (Å²) >= 11 is 0. The first-order chi connectivity index (χ1) is 35.9. The molecule has 0 aromatic rings. The standard InChI is InChI=1S/C64H121N2O7P/c1-7-10-13-16-19-22-25-27-29-30-31-32-33-34-35-36-37-39-42-45-48-51-54-57-64(68)73-62(55-52-49-46-43-40-24-21-18-15-12-9-3)61(60-72-74(69,70)71-59-58-66(4,5)6)65-63(67)56-53-50-47-44-41-38-28-26-23-20-17-14-11-8-2/h11,14,20,23,27,29,52,55,61-62H,7-10,12-13,15-19,21-22,24-26,28,30-51,53-54,56-60H2,1-6H3,(H-,65,67,69,70)/b14-11+,23-20+,29-27+,55-52-. The molecule has 0 saturated carbocycles. The van der Waals surface area contributed by atoms with Gasteiger partial charge < -0.3 is 28.5 Å². The van der Waals surface area contributed by atoms with Crippen molar-refractivity contribution in [1.82, 2.24) is 5.32 Å². The topological polar surface area (TPSA) is 114 Å². The van der Waals surface area contributed by atoms with Crippen LogP contribution in [-0.2, 0) is 27.9 Å². The Morgan fingerprint density at radius 3 is 1.30 bits per heavy atom. The van der Waals surface area contributed by atoms with Crippen LogP contribution in [0.4, 0.5) is 0 Å². The predicted molar refractivity (Wildman–Crippen MR) is 316 cm³/mol. The highest BCUT2D eigenvalue weighted by Gasteiger charge is 2.27. The number of unbranched alkanes of at least 4 members (excludes halogenated alkanes) is 35. The average Bonchev–Trinajstić information content (AvgIpc) is 3.36. The van der Waals surface area contributed by atoms with Gasteiger partial charge in [0, 0.05) is 12.8 Å². The van der Waals surface area contributed by atoms with Crippen molar-refractivity contribution in [3.63, 3.8) is 0 Å². The summed E-state index contributed by atoms with van der Waals surface area (Å²) in [6.07, 6.45) is 66.6. The Morgan fingerprint density at radius 2 is 0.865 bits per heavy atom. The Morgan fingerprint density at radius 1 is 0.486 bits per heavy atom. The maximum atomic E-state index is 13.5. The molecular formula is C64H121N2O7P. The number of quaternary nitrogens is 1. The molecule has 10 heteroatoms. The highest BCUT2D eigenvalue weighted by atomic mass is 31.2. The van der Waals surface area contributed by atoms with Crippen LogP contribution in [0.2, 0.25) is 0 Å². The second-order valence-electron chi connectivity index (χ2n) is 22.5. The van der Waals surface area contributed by atoms with E-state index in [0.29, 0.717) is 17.4 Å². The number of phosphoric ester groups is 1. The summed E-state index contributed by atoms with van der Waals surface area (Å²) in [4.78, 5) is 39.9. The Bertz CT molecular complexity index is 1410. The number of hydrogen-bond acceptors (Lipinski definition) is 7. The quantitative estimate of drug-likeness (QED) is 0.0212. The van der Waals surface area contributed by atoms with Crippen LogP contribution in [-0.4, -0.2) is 69.4 Å². The molecular weight excluding hydrogens is 940 g/mol. The first kappa shape index (κ1) is 72.0. The molecule has 0 bridgehead atoms. The molecule has 9 nitrogen and oxygen atoms in total. The highest BCUT2D eigenvalue weighted by molar-refractivity contribution is 7.45. The lowest BCUT2D eigenvalue weighted by Gasteiger charge is -2.30. The van der Waals surface area contributed by atoms with Crippen molar-refractivity contribution in [3.8, 4) is 0 Å². The maximum absolute atomic E-state index is 13.5. The summed E-state index contributed by atoms with van der Waals surface area (Å²) < 4.78 is 30.3. The summed E-state index contributed by atoms with van der Waals surface area (Å²) in [7, 11) is 1.18. The van der Waals surface area contributed by atoms with Crippen LogP contribution in [0.5, 0.6) is 0 Å². The van der Waals surface area contributed by atoms with Gasteiger partial charge in [-0.3, -0.25) is 14.2 Å². The van der Waals surface area contributed by atoms with E-state index in [0.717, 1.165) is 83.5 Å². The maximum Gasteiger partial charge on any atom is 0.306 e. The zero-order chi connectivity index (χ0) is 54.3. The second kappa shape index (κ2) is 54.3. The van der Waals surface area contributed by atoms with E-state index >= 15 is 0 Å². The Hall–Kier alpha value is -2.03. The van der Waals surface area contributed by atoms with Gasteiger partial charge in [0.05, 0.1) is 33.8 Å². The molecule has 0 aliphatic rings. The largest absolute Gasteiger partial charge is 0.756 e. The SMILES string of the molecule is CC/C=C/C/C=C/CCCCCCCCCC(=O)NC(COP(=O)([O-])OCC[N+](C)(C)C)C(/C=C\CCCCCCCCCCC)OC(=O)CCCCCCCCCCCCCCC/C=C/CCCCCCCC. The minimum absolute atomic E-state index is 0.0235. The van der Waals surface area contributed by atoms with E-state index in [1.54, 1.807) is 0 Å². The van der Waals surface area contributed by atoms with E-state index in [1.165, 1.54) is 180 Å². The molecule has 3 unspecified atom stereocenters. The van der Waals surface area contributed by atoms with Gasteiger partial charge in [0.25, 0.3) is 7.82 Å². The van der Waals surface area contributed by atoms with E-state index < -0.39 is 20.0 Å². The lowest BCUT2D eigenvalue weighted by Crippen LogP contribution is -2.47. The number of likely N-dealkylation sites (N-methyl/N-ethyl adjacent to an activating group) is 1. The molecule has 0 aliphatic heterocycles. The number of carbonyl (C=O) groups excluding carboxylic acids is 2. The van der Waals surface area contributed by atoms with E-state index in [2.05, 4.69) is 62.5 Å². The van der Waals surface area contributed by atoms with Gasteiger partial charge in [-0.15, -0.1) is 0 Å². The van der Waals surface area contributed by atoms with Crippen molar-refractivity contribution in [2.24, 2.45) is 0 Å². The molecule has 3 atom stereocenters. The van der Waals surface area contributed by atoms with Gasteiger partial charge in [0.2, 0.25) is 5.91 Å². The molecule has 0 heterocycles. The summed E-state index contributed by atoms with van der Waals surface area (Å²) in [6.45, 7) is 6.74. The van der Waals surface area contributed by atoms with Crippen LogP contribution >= 0.6 is 7.82 Å². The lowest BCUT2D eigenvalue weighted by molar-refractivity contribution is -0.870. The Kier molecular flexibility index (Phi) is 52.8. The number of nitrogens with zero attached hydrogens (tertiary/aromatic N) is 1. The highest BCUT2D eigenvalue weighted by Crippen LogP contribution is 2.38. The number of allylic oxidation sites excluding steroid dienone is 7. The minimum atomic E-state index is -4.70. The van der Waals surface area contributed by atoms with Crippen LogP contribution in [0, 0.1) is 0 Å². The van der Waals surface area contributed by atoms with Crippen LogP contribution in [0.15, 0.2) is 48.6 Å². The van der Waals surface area contributed by atoms with Crippen LogP contribution in [0.3, 0.4) is 0 Å². The molecule has 74 heavy (non-hydrogen) atoms. The predicted octanol–water partition coefficient (Wildman–Crippen LogP) is 18.6. The summed E-state index contributed by atoms with van der Waals surface area (Å²) in [5, 5.41) is 3.02. The molecule has 0 aliphatic carbocycles. The molecule has 434 valence electrons. The summed E-state index contributed by atoms with van der Waals surface area (Å²) in [5.74, 6) is -0.543. The first-order valence-electron chi connectivity index (χ1n) is 31.4. The zero-order valence-electron chi connectivity index (χ0n) is 49.6. The third kappa shape index (κ3) is 54.7. The summed E-state index contributed by atoms with van der Waals surface area (Å²) in [6, 6.07) is -0.890. The lowest BCUT2D eigenvalue weighted by atomic mass is 10.0. The van der Waals surface area contributed by atoms with Gasteiger partial charge in [0.1, 0.15) is 19.3 Å². The number of phosphoric acid groups is 1. The fourth-order valence-corrected chi connectivity index (χ4v) is 9.87. The number of esters is 1. The number of nitrogens with one attached hydrogen (secondary N) is 1. The molecule has 0 radical (unpaired) electrons. The van der Waals surface area contributed by atoms with Gasteiger partial charge in [-0.05, 0) is 83.1 Å². The number of ether oxygens (including phenoxy) is 1. The molecule has 1 N–H and O–H groups in total. The van der Waals surface area contributed by atoms with Crippen molar-refractivity contribution in [3.05, 3.63) is 48.6 Å². The number of amides is 1. The van der Waals surface area contributed by atoms with Crippen LogP contribution in [0.1, 0.15) is 297 Å². The Balaban J connectivity index is 5.10. The molecule has 0 saturated heterocycles. The molecule has 0 spiro atoms. The Labute approximate surface area is 458 Å². The normalized spacial score (nSPS) is 14.0. The first-order valence-corrected chi connectivity index (χ1v) is 32.9. The third-order valence-corrected chi connectivity index (χ3v) is 15.0. The summed E-state index contributed by atoms with van der Waals surface area (Å²) in [5.41, 5.74) is 0. The molecule has 0 aromatic heterocycles. The van der Waals surface area contributed by atoms with Crippen molar-refractivity contribution in [2.45, 2.75) is 309 Å². The smallest absolute Gasteiger partial charge is 0.306 e. The fourth-order valence-electron chi connectivity index (χ4n) is 9.14. The van der Waals surface area contributed by atoms with E-state index in [1.807, 2.05) is 33.3 Å². The molecule has 1 amide bonds. The number of hydrogen-bond donors (Lipinski definition) is 1. The van der Waals surface area contributed by atoms with Crippen molar-refractivity contribution in [2.75, 3.05) is 40.9 Å². The fraction of sp³-hybridized carbons (Fsp3) is 0.844. The average molecular weight is 1060 g/mol. The third-order valence-electron chi connectivity index (χ3n) is 14.0. The van der Waals surface area contributed by atoms with Crippen LogP contribution in [0.25, 0.3) is 0 Å². The number of carbonyl (C=O) groups is 2. The monoisotopic (exact) mass is 1060 g/mol. The van der Waals surface area contributed by atoms with Gasteiger partial charge in [-0.25, -0.2) is 0 Å². The zero-order valence-corrected chi connectivity index (χ0v) is 50.4. The van der Waals surface area contributed by atoms with E-state index in [9.17, 15) is 19.0 Å². The van der Waals surface area contributed by atoms with Crippen molar-refractivity contribution >= 4 is 19.7 Å². The van der Waals surface area contributed by atoms with Gasteiger partial charge in [0.15, 0.2) is 0 Å². The van der Waals surface area contributed by atoms with Crippen LogP contribution < -0.4 is 10.2 Å². The second-order valence-corrected chi connectivity index (χ2v) is 23.9. The van der Waals surface area contributed by atoms with Gasteiger partial charge in [-0.2, -0.15) is 0 Å². The molecule has 0 aromatic carbocycles.